The average molecular weight is 414 g/mol. The molecule has 0 saturated carbocycles. The van der Waals surface area contributed by atoms with E-state index in [9.17, 15) is 9.18 Å². The Morgan fingerprint density at radius 1 is 1.00 bits per heavy atom. The maximum Gasteiger partial charge on any atom is 0.259 e. The van der Waals surface area contributed by atoms with Crippen molar-refractivity contribution in [1.82, 2.24) is 0 Å². The first-order valence-corrected chi connectivity index (χ1v) is 8.94. The van der Waals surface area contributed by atoms with Gasteiger partial charge in [0, 0.05) is 16.6 Å². The quantitative estimate of drug-likeness (QED) is 0.582. The molecule has 3 aromatic rings. The van der Waals surface area contributed by atoms with Gasteiger partial charge < -0.3 is 10.1 Å². The second-order valence-corrected chi connectivity index (χ2v) is 6.60. The molecule has 0 atom stereocenters. The molecule has 0 heterocycles. The minimum Gasteiger partial charge on any atom is -0.492 e. The van der Waals surface area contributed by atoms with Gasteiger partial charge in [-0.1, -0.05) is 46.3 Å². The zero-order valence-electron chi connectivity index (χ0n) is 13.9. The van der Waals surface area contributed by atoms with Crippen LogP contribution < -0.4 is 10.1 Å². The molecule has 1 N–H and O–H groups in total. The molecule has 132 valence electrons. The molecule has 0 bridgehead atoms. The van der Waals surface area contributed by atoms with Crippen LogP contribution in [0.25, 0.3) is 0 Å². The second kappa shape index (κ2) is 8.63. The third-order valence-electron chi connectivity index (χ3n) is 3.78. The lowest BCUT2D eigenvalue weighted by molar-refractivity contribution is 0.102. The van der Waals surface area contributed by atoms with Crippen molar-refractivity contribution in [2.24, 2.45) is 0 Å². The van der Waals surface area contributed by atoms with Gasteiger partial charge in [-0.3, -0.25) is 4.79 Å². The lowest BCUT2D eigenvalue weighted by Crippen LogP contribution is -2.14. The molecule has 5 heteroatoms. The molecule has 0 fully saturated rings. The fourth-order valence-electron chi connectivity index (χ4n) is 2.46. The van der Waals surface area contributed by atoms with Gasteiger partial charge in [0.2, 0.25) is 0 Å². The highest BCUT2D eigenvalue weighted by Gasteiger charge is 2.14. The SMILES string of the molecule is O=C(Nc1ccc(F)cc1)c1cc(Br)ccc1OCCc1ccccc1. The summed E-state index contributed by atoms with van der Waals surface area (Å²) in [7, 11) is 0. The van der Waals surface area contributed by atoms with E-state index < -0.39 is 0 Å². The van der Waals surface area contributed by atoms with Crippen LogP contribution >= 0.6 is 15.9 Å². The van der Waals surface area contributed by atoms with Crippen LogP contribution in [-0.2, 0) is 6.42 Å². The van der Waals surface area contributed by atoms with E-state index in [1.54, 1.807) is 12.1 Å². The lowest BCUT2D eigenvalue weighted by Gasteiger charge is -2.12. The predicted octanol–water partition coefficient (Wildman–Crippen LogP) is 5.46. The number of ether oxygens (including phenoxy) is 1. The largest absolute Gasteiger partial charge is 0.492 e. The highest BCUT2D eigenvalue weighted by molar-refractivity contribution is 9.10. The van der Waals surface area contributed by atoms with Gasteiger partial charge in [0.1, 0.15) is 11.6 Å². The number of rotatable bonds is 6. The molecule has 0 aliphatic rings. The first kappa shape index (κ1) is 18.1. The van der Waals surface area contributed by atoms with Gasteiger partial charge in [0.05, 0.1) is 12.2 Å². The van der Waals surface area contributed by atoms with Crippen molar-refractivity contribution in [3.8, 4) is 5.75 Å². The van der Waals surface area contributed by atoms with E-state index >= 15 is 0 Å². The number of anilines is 1. The van der Waals surface area contributed by atoms with Crippen LogP contribution in [0.3, 0.4) is 0 Å². The molecule has 0 unspecified atom stereocenters. The molecule has 0 saturated heterocycles. The Kier molecular flexibility index (Phi) is 6.02. The molecule has 1 amide bonds. The van der Waals surface area contributed by atoms with E-state index in [4.69, 9.17) is 4.74 Å². The predicted molar refractivity (Wildman–Crippen MR) is 104 cm³/mol. The molecule has 26 heavy (non-hydrogen) atoms. The molecule has 0 aliphatic heterocycles. The topological polar surface area (TPSA) is 38.3 Å². The summed E-state index contributed by atoms with van der Waals surface area (Å²) in [4.78, 5) is 12.6. The van der Waals surface area contributed by atoms with Gasteiger partial charge >= 0.3 is 0 Å². The molecule has 3 rings (SSSR count). The summed E-state index contributed by atoms with van der Waals surface area (Å²) >= 11 is 3.38. The van der Waals surface area contributed by atoms with Crippen molar-refractivity contribution in [3.63, 3.8) is 0 Å². The van der Waals surface area contributed by atoms with Gasteiger partial charge in [-0.15, -0.1) is 0 Å². The van der Waals surface area contributed by atoms with Crippen molar-refractivity contribution in [2.75, 3.05) is 11.9 Å². The Balaban J connectivity index is 1.70. The number of hydrogen-bond acceptors (Lipinski definition) is 2. The smallest absolute Gasteiger partial charge is 0.259 e. The maximum absolute atomic E-state index is 13.0. The number of nitrogens with one attached hydrogen (secondary N) is 1. The molecule has 3 aromatic carbocycles. The second-order valence-electron chi connectivity index (χ2n) is 5.69. The Hall–Kier alpha value is -2.66. The molecule has 0 radical (unpaired) electrons. The molecular formula is C21H17BrFNO2. The van der Waals surface area contributed by atoms with E-state index in [2.05, 4.69) is 21.2 Å². The summed E-state index contributed by atoms with van der Waals surface area (Å²) < 4.78 is 19.6. The minimum absolute atomic E-state index is 0.312. The number of hydrogen-bond donors (Lipinski definition) is 1. The first-order chi connectivity index (χ1) is 12.6. The maximum atomic E-state index is 13.0. The van der Waals surface area contributed by atoms with Crippen molar-refractivity contribution in [2.45, 2.75) is 6.42 Å². The van der Waals surface area contributed by atoms with Crippen molar-refractivity contribution in [1.29, 1.82) is 0 Å². The first-order valence-electron chi connectivity index (χ1n) is 8.15. The van der Waals surface area contributed by atoms with Gasteiger partial charge in [-0.05, 0) is 48.0 Å². The average Bonchev–Trinajstić information content (AvgIpc) is 2.65. The van der Waals surface area contributed by atoms with Crippen LogP contribution in [0, 0.1) is 5.82 Å². The van der Waals surface area contributed by atoms with E-state index in [-0.39, 0.29) is 11.7 Å². The summed E-state index contributed by atoms with van der Waals surface area (Å²) in [5, 5.41) is 2.75. The molecular weight excluding hydrogens is 397 g/mol. The molecule has 3 nitrogen and oxygen atoms in total. The summed E-state index contributed by atoms with van der Waals surface area (Å²) in [5.41, 5.74) is 2.10. The fourth-order valence-corrected chi connectivity index (χ4v) is 2.82. The zero-order valence-corrected chi connectivity index (χ0v) is 15.5. The third kappa shape index (κ3) is 4.92. The van der Waals surface area contributed by atoms with Gasteiger partial charge in [0.15, 0.2) is 0 Å². The summed E-state index contributed by atoms with van der Waals surface area (Å²) in [6.45, 7) is 0.461. The number of halogens is 2. The standard InChI is InChI=1S/C21H17BrFNO2/c22-16-6-11-20(26-13-12-15-4-2-1-3-5-15)19(14-16)21(25)24-18-9-7-17(23)8-10-18/h1-11,14H,12-13H2,(H,24,25). The van der Waals surface area contributed by atoms with Gasteiger partial charge in [-0.2, -0.15) is 0 Å². The van der Waals surface area contributed by atoms with Gasteiger partial charge in [-0.25, -0.2) is 4.39 Å². The van der Waals surface area contributed by atoms with Crippen LogP contribution in [0.2, 0.25) is 0 Å². The molecule has 0 aliphatic carbocycles. The lowest BCUT2D eigenvalue weighted by atomic mass is 10.1. The Labute approximate surface area is 159 Å². The fraction of sp³-hybridized carbons (Fsp3) is 0.0952. The van der Waals surface area contributed by atoms with Crippen LogP contribution in [0.4, 0.5) is 10.1 Å². The molecule has 0 spiro atoms. The van der Waals surface area contributed by atoms with Crippen LogP contribution in [-0.4, -0.2) is 12.5 Å². The minimum atomic E-state index is -0.351. The van der Waals surface area contributed by atoms with E-state index in [0.717, 1.165) is 10.9 Å². The number of carbonyl (C=O) groups is 1. The molecule has 0 aromatic heterocycles. The normalized spacial score (nSPS) is 10.4. The van der Waals surface area contributed by atoms with Gasteiger partial charge in [0.25, 0.3) is 5.91 Å². The summed E-state index contributed by atoms with van der Waals surface area (Å²) in [6, 6.07) is 20.9. The van der Waals surface area contributed by atoms with Crippen molar-refractivity contribution >= 4 is 27.5 Å². The van der Waals surface area contributed by atoms with Crippen molar-refractivity contribution in [3.05, 3.63) is 94.2 Å². The van der Waals surface area contributed by atoms with E-state index in [0.29, 0.717) is 23.6 Å². The number of benzene rings is 3. The van der Waals surface area contributed by atoms with Crippen molar-refractivity contribution < 1.29 is 13.9 Å². The van der Waals surface area contributed by atoms with Crippen LogP contribution in [0.5, 0.6) is 5.75 Å². The Morgan fingerprint density at radius 2 is 1.73 bits per heavy atom. The Bertz CT molecular complexity index is 882. The van der Waals surface area contributed by atoms with E-state index in [1.807, 2.05) is 36.4 Å². The monoisotopic (exact) mass is 413 g/mol. The zero-order chi connectivity index (χ0) is 18.4. The number of carbonyl (C=O) groups excluding carboxylic acids is 1. The summed E-state index contributed by atoms with van der Waals surface area (Å²) in [5.74, 6) is -0.160. The van der Waals surface area contributed by atoms with Crippen LogP contribution in [0.1, 0.15) is 15.9 Å². The third-order valence-corrected chi connectivity index (χ3v) is 4.27. The van der Waals surface area contributed by atoms with E-state index in [1.165, 1.54) is 29.8 Å². The highest BCUT2D eigenvalue weighted by Crippen LogP contribution is 2.25. The summed E-state index contributed by atoms with van der Waals surface area (Å²) in [6.07, 6.45) is 0.746. The van der Waals surface area contributed by atoms with Crippen LogP contribution in [0.15, 0.2) is 77.3 Å². The number of amides is 1. The highest BCUT2D eigenvalue weighted by atomic mass is 79.9. The Morgan fingerprint density at radius 3 is 2.46 bits per heavy atom.